The summed E-state index contributed by atoms with van der Waals surface area (Å²) in [5.41, 5.74) is 0.755. The summed E-state index contributed by atoms with van der Waals surface area (Å²) < 4.78 is 0. The van der Waals surface area contributed by atoms with Crippen LogP contribution in [0.1, 0.15) is 11.6 Å². The lowest BCUT2D eigenvalue weighted by atomic mass is 10.1. The van der Waals surface area contributed by atoms with E-state index >= 15 is 0 Å². The highest BCUT2D eigenvalue weighted by Crippen LogP contribution is 2.21. The number of amides is 3. The molecule has 0 aromatic heterocycles. The second kappa shape index (κ2) is 7.88. The molecule has 1 unspecified atom stereocenters. The largest absolute Gasteiger partial charge is 0.395 e. The molecule has 1 aromatic rings. The molecule has 22 heavy (non-hydrogen) atoms. The van der Waals surface area contributed by atoms with E-state index in [4.69, 9.17) is 10.2 Å². The molecule has 3 amide bonds. The third kappa shape index (κ3) is 3.82. The number of aliphatic hydroxyl groups excluding tert-OH is 2. The maximum absolute atomic E-state index is 12.4. The third-order valence-corrected chi connectivity index (χ3v) is 3.63. The molecular weight excluding hydrogens is 286 g/mol. The van der Waals surface area contributed by atoms with Gasteiger partial charge in [-0.05, 0) is 5.56 Å². The number of hydrogen-bond donors (Lipinski definition) is 3. The van der Waals surface area contributed by atoms with Crippen LogP contribution in [0.2, 0.25) is 0 Å². The van der Waals surface area contributed by atoms with E-state index in [2.05, 4.69) is 5.32 Å². The van der Waals surface area contributed by atoms with Crippen LogP contribution < -0.4 is 5.32 Å². The summed E-state index contributed by atoms with van der Waals surface area (Å²) in [7, 11) is 0. The maximum Gasteiger partial charge on any atom is 0.325 e. The first-order valence-electron chi connectivity index (χ1n) is 7.28. The SMILES string of the molecule is O=C1NC(c2ccccc2)C(=O)N1CCN(CCO)CCO. The van der Waals surface area contributed by atoms with E-state index in [1.54, 1.807) is 17.0 Å². The van der Waals surface area contributed by atoms with E-state index in [-0.39, 0.29) is 25.7 Å². The lowest BCUT2D eigenvalue weighted by Crippen LogP contribution is -2.40. The van der Waals surface area contributed by atoms with Crippen molar-refractivity contribution in [3.05, 3.63) is 35.9 Å². The number of hydrogen-bond acceptors (Lipinski definition) is 5. The van der Waals surface area contributed by atoms with Crippen LogP contribution in [0, 0.1) is 0 Å². The first-order valence-corrected chi connectivity index (χ1v) is 7.28. The predicted octanol–water partition coefficient (Wildman–Crippen LogP) is -0.434. The molecule has 1 aliphatic rings. The van der Waals surface area contributed by atoms with Crippen molar-refractivity contribution in [2.24, 2.45) is 0 Å². The Labute approximate surface area is 129 Å². The molecule has 1 atom stereocenters. The van der Waals surface area contributed by atoms with Crippen LogP contribution in [-0.2, 0) is 4.79 Å². The van der Waals surface area contributed by atoms with Crippen molar-refractivity contribution in [2.75, 3.05) is 39.4 Å². The van der Waals surface area contributed by atoms with Gasteiger partial charge < -0.3 is 15.5 Å². The fraction of sp³-hybridized carbons (Fsp3) is 0.467. The monoisotopic (exact) mass is 307 g/mol. The van der Waals surface area contributed by atoms with Crippen LogP contribution in [0.25, 0.3) is 0 Å². The van der Waals surface area contributed by atoms with Crippen LogP contribution in [0.3, 0.4) is 0 Å². The van der Waals surface area contributed by atoms with Gasteiger partial charge in [-0.15, -0.1) is 0 Å². The Bertz CT molecular complexity index is 503. The summed E-state index contributed by atoms with van der Waals surface area (Å²) in [5.74, 6) is -0.274. The van der Waals surface area contributed by atoms with E-state index < -0.39 is 12.1 Å². The Hall–Kier alpha value is -1.96. The lowest BCUT2D eigenvalue weighted by molar-refractivity contribution is -0.127. The average molecular weight is 307 g/mol. The zero-order chi connectivity index (χ0) is 15.9. The van der Waals surface area contributed by atoms with Gasteiger partial charge in [0, 0.05) is 26.2 Å². The van der Waals surface area contributed by atoms with Crippen LogP contribution in [0.5, 0.6) is 0 Å². The van der Waals surface area contributed by atoms with Crippen molar-refractivity contribution in [1.82, 2.24) is 15.1 Å². The molecule has 7 heteroatoms. The molecule has 0 radical (unpaired) electrons. The van der Waals surface area contributed by atoms with Crippen LogP contribution in [0.15, 0.2) is 30.3 Å². The number of benzene rings is 1. The summed E-state index contributed by atoms with van der Waals surface area (Å²) >= 11 is 0. The predicted molar refractivity (Wildman–Crippen MR) is 80.0 cm³/mol. The van der Waals surface area contributed by atoms with Gasteiger partial charge in [-0.25, -0.2) is 4.79 Å². The topological polar surface area (TPSA) is 93.1 Å². The molecule has 1 heterocycles. The Morgan fingerprint density at radius 1 is 1.05 bits per heavy atom. The van der Waals surface area contributed by atoms with Crippen molar-refractivity contribution >= 4 is 11.9 Å². The Morgan fingerprint density at radius 2 is 1.68 bits per heavy atom. The van der Waals surface area contributed by atoms with Gasteiger partial charge in [-0.3, -0.25) is 14.6 Å². The molecule has 1 fully saturated rings. The number of urea groups is 1. The second-order valence-corrected chi connectivity index (χ2v) is 5.07. The number of rotatable bonds is 8. The highest BCUT2D eigenvalue weighted by molar-refractivity contribution is 6.04. The van der Waals surface area contributed by atoms with Crippen molar-refractivity contribution in [1.29, 1.82) is 0 Å². The Kier molecular flexibility index (Phi) is 5.88. The van der Waals surface area contributed by atoms with E-state index in [0.29, 0.717) is 19.6 Å². The van der Waals surface area contributed by atoms with Crippen LogP contribution in [0.4, 0.5) is 4.79 Å². The van der Waals surface area contributed by atoms with E-state index in [9.17, 15) is 9.59 Å². The van der Waals surface area contributed by atoms with Gasteiger partial charge in [-0.2, -0.15) is 0 Å². The summed E-state index contributed by atoms with van der Waals surface area (Å²) in [6.07, 6.45) is 0. The number of imide groups is 1. The standard InChI is InChI=1S/C15H21N3O4/c19-10-8-17(9-11-20)6-7-18-14(21)13(16-15(18)22)12-4-2-1-3-5-12/h1-5,13,19-20H,6-11H2,(H,16,22). The highest BCUT2D eigenvalue weighted by atomic mass is 16.3. The fourth-order valence-corrected chi connectivity index (χ4v) is 2.46. The Balaban J connectivity index is 1.97. The van der Waals surface area contributed by atoms with Crippen molar-refractivity contribution < 1.29 is 19.8 Å². The third-order valence-electron chi connectivity index (χ3n) is 3.63. The molecule has 0 spiro atoms. The van der Waals surface area contributed by atoms with Crippen molar-refractivity contribution in [3.8, 4) is 0 Å². The fourth-order valence-electron chi connectivity index (χ4n) is 2.46. The first kappa shape index (κ1) is 16.4. The quantitative estimate of drug-likeness (QED) is 0.567. The van der Waals surface area contributed by atoms with Gasteiger partial charge in [0.25, 0.3) is 5.91 Å². The van der Waals surface area contributed by atoms with Gasteiger partial charge >= 0.3 is 6.03 Å². The summed E-state index contributed by atoms with van der Waals surface area (Å²) in [6, 6.07) is 8.05. The molecule has 120 valence electrons. The molecule has 2 rings (SSSR count). The minimum absolute atomic E-state index is 0.0349. The molecule has 0 aliphatic carbocycles. The van der Waals surface area contributed by atoms with E-state index in [0.717, 1.165) is 5.56 Å². The smallest absolute Gasteiger partial charge is 0.325 e. The highest BCUT2D eigenvalue weighted by Gasteiger charge is 2.38. The van der Waals surface area contributed by atoms with Gasteiger partial charge in [0.1, 0.15) is 6.04 Å². The number of carbonyl (C=O) groups is 2. The van der Waals surface area contributed by atoms with E-state index in [1.165, 1.54) is 4.90 Å². The minimum atomic E-state index is -0.641. The minimum Gasteiger partial charge on any atom is -0.395 e. The molecule has 0 bridgehead atoms. The molecule has 0 saturated carbocycles. The number of nitrogens with one attached hydrogen (secondary N) is 1. The first-order chi connectivity index (χ1) is 10.7. The van der Waals surface area contributed by atoms with Gasteiger partial charge in [0.2, 0.25) is 0 Å². The van der Waals surface area contributed by atoms with Gasteiger partial charge in [0.15, 0.2) is 0 Å². The zero-order valence-electron chi connectivity index (χ0n) is 12.3. The molecule has 3 N–H and O–H groups in total. The Morgan fingerprint density at radius 3 is 2.27 bits per heavy atom. The summed E-state index contributed by atoms with van der Waals surface area (Å²) in [6.45, 7) is 1.37. The normalized spacial score (nSPS) is 18.1. The van der Waals surface area contributed by atoms with E-state index in [1.807, 2.05) is 18.2 Å². The van der Waals surface area contributed by atoms with Gasteiger partial charge in [0.05, 0.1) is 13.2 Å². The number of nitrogens with zero attached hydrogens (tertiary/aromatic N) is 2. The number of aliphatic hydroxyl groups is 2. The zero-order valence-corrected chi connectivity index (χ0v) is 12.3. The lowest BCUT2D eigenvalue weighted by Gasteiger charge is -2.22. The number of carbonyl (C=O) groups excluding carboxylic acids is 2. The average Bonchev–Trinajstić information content (AvgIpc) is 2.81. The van der Waals surface area contributed by atoms with Crippen LogP contribution in [-0.4, -0.2) is 71.3 Å². The molecular formula is C15H21N3O4. The molecule has 1 aromatic carbocycles. The van der Waals surface area contributed by atoms with Crippen LogP contribution >= 0.6 is 0 Å². The second-order valence-electron chi connectivity index (χ2n) is 5.07. The molecule has 7 nitrogen and oxygen atoms in total. The molecule has 1 saturated heterocycles. The van der Waals surface area contributed by atoms with Gasteiger partial charge in [-0.1, -0.05) is 30.3 Å². The summed E-state index contributed by atoms with van der Waals surface area (Å²) in [4.78, 5) is 27.3. The molecule has 1 aliphatic heterocycles. The van der Waals surface area contributed by atoms with Crippen molar-refractivity contribution in [3.63, 3.8) is 0 Å². The summed E-state index contributed by atoms with van der Waals surface area (Å²) in [5, 5.41) is 20.6. The van der Waals surface area contributed by atoms with Crippen molar-refractivity contribution in [2.45, 2.75) is 6.04 Å². The maximum atomic E-state index is 12.4.